The van der Waals surface area contributed by atoms with E-state index in [0.29, 0.717) is 0 Å². The van der Waals surface area contributed by atoms with Gasteiger partial charge >= 0.3 is 0 Å². The van der Waals surface area contributed by atoms with Crippen molar-refractivity contribution in [2.75, 3.05) is 13.1 Å². The summed E-state index contributed by atoms with van der Waals surface area (Å²) in [5, 5.41) is 0. The summed E-state index contributed by atoms with van der Waals surface area (Å²) in [4.78, 5) is 9.66. The predicted octanol–water partition coefficient (Wildman–Crippen LogP) is 4.79. The van der Waals surface area contributed by atoms with Gasteiger partial charge in [-0.25, -0.2) is 0 Å². The molecule has 0 aliphatic heterocycles. The maximum Gasteiger partial charge on any atom is 0.0904 e. The van der Waals surface area contributed by atoms with Gasteiger partial charge in [-0.2, -0.15) is 0 Å². The highest BCUT2D eigenvalue weighted by Crippen LogP contribution is 2.11. The highest BCUT2D eigenvalue weighted by Gasteiger charge is 2.13. The molecule has 0 saturated heterocycles. The summed E-state index contributed by atoms with van der Waals surface area (Å²) in [6.07, 6.45) is 2.07. The van der Waals surface area contributed by atoms with Crippen molar-refractivity contribution in [3.05, 3.63) is 71.8 Å². The lowest BCUT2D eigenvalue weighted by atomic mass is 9.99. The second kappa shape index (κ2) is 8.93. The zero-order valence-electron chi connectivity index (χ0n) is 13.5. The van der Waals surface area contributed by atoms with Crippen molar-refractivity contribution in [1.29, 1.82) is 0 Å². The summed E-state index contributed by atoms with van der Waals surface area (Å²) >= 11 is 0. The van der Waals surface area contributed by atoms with Crippen LogP contribution < -0.4 is 0 Å². The van der Waals surface area contributed by atoms with Gasteiger partial charge in [0.25, 0.3) is 0 Å². The van der Waals surface area contributed by atoms with Crippen LogP contribution in [0.1, 0.15) is 37.8 Å². The molecule has 0 heterocycles. The van der Waals surface area contributed by atoms with Gasteiger partial charge in [0.05, 0.1) is 11.4 Å². The normalized spacial score (nSPS) is 12.5. The van der Waals surface area contributed by atoms with Crippen molar-refractivity contribution in [1.82, 2.24) is 0 Å². The Hall–Kier alpha value is -2.22. The minimum absolute atomic E-state index is 0.822. The van der Waals surface area contributed by atoms with Crippen molar-refractivity contribution in [2.45, 2.75) is 26.7 Å². The molecule has 2 nitrogen and oxygen atoms in total. The molecule has 0 fully saturated rings. The van der Waals surface area contributed by atoms with Gasteiger partial charge in [-0.05, 0) is 12.8 Å². The zero-order chi connectivity index (χ0) is 15.6. The van der Waals surface area contributed by atoms with E-state index in [-0.39, 0.29) is 0 Å². The molecule has 0 spiro atoms. The molecule has 0 radical (unpaired) electrons. The van der Waals surface area contributed by atoms with Crippen LogP contribution in [0.5, 0.6) is 0 Å². The van der Waals surface area contributed by atoms with E-state index in [1.165, 1.54) is 0 Å². The van der Waals surface area contributed by atoms with Crippen LogP contribution in [-0.2, 0) is 0 Å². The fourth-order valence-electron chi connectivity index (χ4n) is 2.25. The Labute approximate surface area is 133 Å². The van der Waals surface area contributed by atoms with E-state index in [9.17, 15) is 0 Å². The molecule has 2 heteroatoms. The van der Waals surface area contributed by atoms with Crippen LogP contribution in [0.25, 0.3) is 0 Å². The molecule has 0 aromatic heterocycles. The maximum atomic E-state index is 4.83. The second-order valence-electron chi connectivity index (χ2n) is 5.19. The molecule has 0 amide bonds. The van der Waals surface area contributed by atoms with Crippen molar-refractivity contribution in [3.8, 4) is 0 Å². The van der Waals surface area contributed by atoms with Gasteiger partial charge in [0.1, 0.15) is 0 Å². The van der Waals surface area contributed by atoms with E-state index in [1.807, 2.05) is 12.1 Å². The highest BCUT2D eigenvalue weighted by molar-refractivity contribution is 6.53. The fraction of sp³-hybridized carbons (Fsp3) is 0.300. The minimum Gasteiger partial charge on any atom is -0.282 e. The lowest BCUT2D eigenvalue weighted by Crippen LogP contribution is -2.18. The Kier molecular flexibility index (Phi) is 6.56. The summed E-state index contributed by atoms with van der Waals surface area (Å²) in [7, 11) is 0. The SMILES string of the molecule is CCCN=C(C(=NCCC)c1ccccc1)c1ccccc1. The van der Waals surface area contributed by atoms with Crippen molar-refractivity contribution in [3.63, 3.8) is 0 Å². The molecule has 0 atom stereocenters. The van der Waals surface area contributed by atoms with E-state index in [1.54, 1.807) is 0 Å². The van der Waals surface area contributed by atoms with Crippen LogP contribution in [0.3, 0.4) is 0 Å². The van der Waals surface area contributed by atoms with Gasteiger partial charge in [0.15, 0.2) is 0 Å². The molecule has 2 aromatic rings. The van der Waals surface area contributed by atoms with E-state index in [0.717, 1.165) is 48.5 Å². The molecule has 0 N–H and O–H groups in total. The number of aliphatic imine (C=N–C) groups is 2. The lowest BCUT2D eigenvalue weighted by Gasteiger charge is -2.11. The summed E-state index contributed by atoms with van der Waals surface area (Å²) < 4.78 is 0. The smallest absolute Gasteiger partial charge is 0.0904 e. The predicted molar refractivity (Wildman–Crippen MR) is 96.3 cm³/mol. The third-order valence-corrected chi connectivity index (χ3v) is 3.31. The van der Waals surface area contributed by atoms with Crippen LogP contribution >= 0.6 is 0 Å². The number of rotatable bonds is 7. The van der Waals surface area contributed by atoms with Crippen molar-refractivity contribution >= 4 is 11.4 Å². The Morgan fingerprint density at radius 1 is 0.636 bits per heavy atom. The second-order valence-corrected chi connectivity index (χ2v) is 5.19. The molecule has 22 heavy (non-hydrogen) atoms. The van der Waals surface area contributed by atoms with E-state index < -0.39 is 0 Å². The summed E-state index contributed by atoms with van der Waals surface area (Å²) in [6, 6.07) is 20.7. The highest BCUT2D eigenvalue weighted by atomic mass is 14.8. The van der Waals surface area contributed by atoms with Gasteiger partial charge in [-0.3, -0.25) is 9.98 Å². The molecule has 2 aromatic carbocycles. The Bertz CT molecular complexity index is 555. The largest absolute Gasteiger partial charge is 0.282 e. The first-order valence-electron chi connectivity index (χ1n) is 8.07. The summed E-state index contributed by atoms with van der Waals surface area (Å²) in [5.74, 6) is 0. The Morgan fingerprint density at radius 2 is 1.00 bits per heavy atom. The van der Waals surface area contributed by atoms with E-state index in [4.69, 9.17) is 9.98 Å². The first-order valence-corrected chi connectivity index (χ1v) is 8.07. The van der Waals surface area contributed by atoms with Crippen LogP contribution in [0.15, 0.2) is 70.6 Å². The first-order chi connectivity index (χ1) is 10.9. The molecule has 114 valence electrons. The number of nitrogens with zero attached hydrogens (tertiary/aromatic N) is 2. The molecule has 0 aliphatic rings. The van der Waals surface area contributed by atoms with Gasteiger partial charge in [0.2, 0.25) is 0 Å². The van der Waals surface area contributed by atoms with Crippen LogP contribution in [0.4, 0.5) is 0 Å². The van der Waals surface area contributed by atoms with Crippen LogP contribution in [-0.4, -0.2) is 24.5 Å². The standard InChI is InChI=1S/C20H24N2/c1-3-15-21-19(17-11-7-5-8-12-17)20(22-16-4-2)18-13-9-6-10-14-18/h5-14H,3-4,15-16H2,1-2H3. The molecule has 2 rings (SSSR count). The minimum atomic E-state index is 0.822. The third kappa shape index (κ3) is 4.39. The molecule has 0 saturated carbocycles. The molecular weight excluding hydrogens is 268 g/mol. The zero-order valence-corrected chi connectivity index (χ0v) is 13.5. The van der Waals surface area contributed by atoms with Crippen molar-refractivity contribution < 1.29 is 0 Å². The van der Waals surface area contributed by atoms with Gasteiger partial charge in [-0.15, -0.1) is 0 Å². The van der Waals surface area contributed by atoms with Gasteiger partial charge in [0, 0.05) is 24.2 Å². The van der Waals surface area contributed by atoms with Gasteiger partial charge in [-0.1, -0.05) is 74.5 Å². The monoisotopic (exact) mass is 292 g/mol. The molecular formula is C20H24N2. The molecule has 0 bridgehead atoms. The molecule has 0 aliphatic carbocycles. The van der Waals surface area contributed by atoms with E-state index in [2.05, 4.69) is 62.4 Å². The Balaban J connectivity index is 2.49. The van der Waals surface area contributed by atoms with Crippen molar-refractivity contribution in [2.24, 2.45) is 9.98 Å². The quantitative estimate of drug-likeness (QED) is 0.656. The summed E-state index contributed by atoms with van der Waals surface area (Å²) in [6.45, 7) is 5.94. The first kappa shape index (κ1) is 16.2. The maximum absolute atomic E-state index is 4.83. The average Bonchev–Trinajstić information content (AvgIpc) is 2.59. The van der Waals surface area contributed by atoms with Gasteiger partial charge < -0.3 is 0 Å². The third-order valence-electron chi connectivity index (χ3n) is 3.31. The molecule has 0 unspecified atom stereocenters. The summed E-state index contributed by atoms with van der Waals surface area (Å²) in [5.41, 5.74) is 4.27. The van der Waals surface area contributed by atoms with Crippen LogP contribution in [0, 0.1) is 0 Å². The number of hydrogen-bond donors (Lipinski definition) is 0. The fourth-order valence-corrected chi connectivity index (χ4v) is 2.25. The van der Waals surface area contributed by atoms with E-state index >= 15 is 0 Å². The van der Waals surface area contributed by atoms with Crippen LogP contribution in [0.2, 0.25) is 0 Å². The number of hydrogen-bond acceptors (Lipinski definition) is 2. The lowest BCUT2D eigenvalue weighted by molar-refractivity contribution is 0.927. The topological polar surface area (TPSA) is 24.7 Å². The average molecular weight is 292 g/mol. The number of benzene rings is 2. The Morgan fingerprint density at radius 3 is 1.32 bits per heavy atom.